The summed E-state index contributed by atoms with van der Waals surface area (Å²) in [5, 5.41) is 7.04. The van der Waals surface area contributed by atoms with Crippen LogP contribution in [0.5, 0.6) is 0 Å². The van der Waals surface area contributed by atoms with E-state index in [0.29, 0.717) is 6.54 Å². The average molecular weight is 323 g/mol. The number of amides is 1. The molecule has 4 heteroatoms. The number of hydrogen-bond acceptors (Lipinski definition) is 2. The predicted octanol–water partition coefficient (Wildman–Crippen LogP) is 3.58. The SMILES string of the molecule is Cc1[nH]ncc1CN(C)C(=O)[C@@]1(c2ccccc2)CC12CCCC2. The first kappa shape index (κ1) is 15.4. The summed E-state index contributed by atoms with van der Waals surface area (Å²) in [6, 6.07) is 10.4. The number of nitrogens with zero attached hydrogens (tertiary/aromatic N) is 2. The third kappa shape index (κ3) is 2.12. The van der Waals surface area contributed by atoms with Gasteiger partial charge in [-0.05, 0) is 37.2 Å². The largest absolute Gasteiger partial charge is 0.341 e. The van der Waals surface area contributed by atoms with Gasteiger partial charge in [-0.1, -0.05) is 43.2 Å². The smallest absolute Gasteiger partial charge is 0.233 e. The lowest BCUT2D eigenvalue weighted by Crippen LogP contribution is -2.39. The molecule has 1 heterocycles. The number of rotatable bonds is 4. The fourth-order valence-electron chi connectivity index (χ4n) is 4.86. The lowest BCUT2D eigenvalue weighted by molar-refractivity contribution is -0.134. The van der Waals surface area contributed by atoms with Crippen LogP contribution in [-0.2, 0) is 16.8 Å². The molecule has 1 atom stereocenters. The zero-order valence-corrected chi connectivity index (χ0v) is 14.5. The van der Waals surface area contributed by atoms with Gasteiger partial charge in [-0.25, -0.2) is 0 Å². The number of aryl methyl sites for hydroxylation is 1. The molecule has 0 radical (unpaired) electrons. The van der Waals surface area contributed by atoms with E-state index in [0.717, 1.165) is 17.7 Å². The Morgan fingerprint density at radius 3 is 2.58 bits per heavy atom. The molecule has 2 fully saturated rings. The first-order chi connectivity index (χ1) is 11.6. The number of aromatic amines is 1. The Morgan fingerprint density at radius 1 is 1.25 bits per heavy atom. The van der Waals surface area contributed by atoms with Crippen molar-refractivity contribution in [3.8, 4) is 0 Å². The maximum Gasteiger partial charge on any atom is 0.233 e. The summed E-state index contributed by atoms with van der Waals surface area (Å²) in [4.78, 5) is 15.4. The number of benzene rings is 1. The summed E-state index contributed by atoms with van der Waals surface area (Å²) in [6.45, 7) is 2.62. The van der Waals surface area contributed by atoms with Crippen LogP contribution in [0.15, 0.2) is 36.5 Å². The molecule has 0 aliphatic heterocycles. The molecule has 2 saturated carbocycles. The van der Waals surface area contributed by atoms with Crippen molar-refractivity contribution in [1.29, 1.82) is 0 Å². The Morgan fingerprint density at radius 2 is 1.96 bits per heavy atom. The number of aromatic nitrogens is 2. The summed E-state index contributed by atoms with van der Waals surface area (Å²) >= 11 is 0. The third-order valence-electron chi connectivity index (χ3n) is 6.26. The van der Waals surface area contributed by atoms with Gasteiger partial charge >= 0.3 is 0 Å². The summed E-state index contributed by atoms with van der Waals surface area (Å²) in [5.74, 6) is 0.274. The van der Waals surface area contributed by atoms with E-state index in [4.69, 9.17) is 0 Å². The Balaban J connectivity index is 1.65. The van der Waals surface area contributed by atoms with Gasteiger partial charge in [0.1, 0.15) is 0 Å². The number of carbonyl (C=O) groups excluding carboxylic acids is 1. The summed E-state index contributed by atoms with van der Waals surface area (Å²) in [6.07, 6.45) is 7.72. The topological polar surface area (TPSA) is 49.0 Å². The van der Waals surface area contributed by atoms with Crippen LogP contribution in [0.3, 0.4) is 0 Å². The number of carbonyl (C=O) groups is 1. The molecular weight excluding hydrogens is 298 g/mol. The van der Waals surface area contributed by atoms with Crippen LogP contribution >= 0.6 is 0 Å². The van der Waals surface area contributed by atoms with Gasteiger partial charge in [0.2, 0.25) is 5.91 Å². The molecule has 1 spiro atoms. The van der Waals surface area contributed by atoms with Crippen LogP contribution in [0.4, 0.5) is 0 Å². The highest BCUT2D eigenvalue weighted by Gasteiger charge is 2.72. The van der Waals surface area contributed by atoms with E-state index in [-0.39, 0.29) is 16.7 Å². The highest BCUT2D eigenvalue weighted by atomic mass is 16.2. The Labute approximate surface area is 143 Å². The molecule has 2 aliphatic rings. The molecule has 1 aromatic carbocycles. The normalized spacial score (nSPS) is 24.2. The molecule has 2 aromatic rings. The molecule has 0 unspecified atom stereocenters. The van der Waals surface area contributed by atoms with Gasteiger partial charge in [0.15, 0.2) is 0 Å². The summed E-state index contributed by atoms with van der Waals surface area (Å²) in [5.41, 5.74) is 3.22. The van der Waals surface area contributed by atoms with E-state index < -0.39 is 0 Å². The van der Waals surface area contributed by atoms with E-state index in [1.165, 1.54) is 31.2 Å². The predicted molar refractivity (Wildman–Crippen MR) is 93.4 cm³/mol. The minimum Gasteiger partial charge on any atom is -0.341 e. The van der Waals surface area contributed by atoms with Crippen LogP contribution in [0.25, 0.3) is 0 Å². The highest BCUT2D eigenvalue weighted by Crippen LogP contribution is 2.72. The fourth-order valence-corrected chi connectivity index (χ4v) is 4.86. The van der Waals surface area contributed by atoms with Crippen molar-refractivity contribution in [3.63, 3.8) is 0 Å². The molecule has 0 bridgehead atoms. The van der Waals surface area contributed by atoms with Crippen molar-refractivity contribution in [1.82, 2.24) is 15.1 Å². The Hall–Kier alpha value is -2.10. The maximum atomic E-state index is 13.5. The lowest BCUT2D eigenvalue weighted by Gasteiger charge is -2.28. The number of H-pyrrole nitrogens is 1. The van der Waals surface area contributed by atoms with E-state index in [1.54, 1.807) is 0 Å². The first-order valence-corrected chi connectivity index (χ1v) is 8.89. The Kier molecular flexibility index (Phi) is 3.52. The fraction of sp³-hybridized carbons (Fsp3) is 0.500. The van der Waals surface area contributed by atoms with Gasteiger partial charge in [0.25, 0.3) is 0 Å². The van der Waals surface area contributed by atoms with Gasteiger partial charge in [0.05, 0.1) is 11.6 Å². The molecule has 4 nitrogen and oxygen atoms in total. The molecule has 24 heavy (non-hydrogen) atoms. The van der Waals surface area contributed by atoms with Crippen LogP contribution < -0.4 is 0 Å². The minimum absolute atomic E-state index is 0.200. The van der Waals surface area contributed by atoms with Crippen LogP contribution in [-0.4, -0.2) is 28.1 Å². The van der Waals surface area contributed by atoms with Crippen molar-refractivity contribution in [2.24, 2.45) is 5.41 Å². The second-order valence-electron chi connectivity index (χ2n) is 7.62. The van der Waals surface area contributed by atoms with E-state index in [1.807, 2.05) is 31.1 Å². The number of likely N-dealkylation sites (N-methyl/N-ethyl adjacent to an activating group) is 1. The first-order valence-electron chi connectivity index (χ1n) is 8.89. The van der Waals surface area contributed by atoms with Gasteiger partial charge in [-0.3, -0.25) is 9.89 Å². The van der Waals surface area contributed by atoms with E-state index in [2.05, 4.69) is 34.5 Å². The van der Waals surface area contributed by atoms with E-state index in [9.17, 15) is 4.79 Å². The van der Waals surface area contributed by atoms with Crippen molar-refractivity contribution in [2.45, 2.75) is 51.0 Å². The van der Waals surface area contributed by atoms with Crippen molar-refractivity contribution < 1.29 is 4.79 Å². The van der Waals surface area contributed by atoms with Gasteiger partial charge < -0.3 is 4.90 Å². The maximum absolute atomic E-state index is 13.5. The second-order valence-corrected chi connectivity index (χ2v) is 7.62. The molecule has 126 valence electrons. The van der Waals surface area contributed by atoms with E-state index >= 15 is 0 Å². The van der Waals surface area contributed by atoms with Crippen LogP contribution in [0, 0.1) is 12.3 Å². The summed E-state index contributed by atoms with van der Waals surface area (Å²) in [7, 11) is 1.93. The quantitative estimate of drug-likeness (QED) is 0.935. The summed E-state index contributed by atoms with van der Waals surface area (Å²) < 4.78 is 0. The third-order valence-corrected chi connectivity index (χ3v) is 6.26. The van der Waals surface area contributed by atoms with Gasteiger partial charge in [-0.2, -0.15) is 5.10 Å². The molecule has 1 amide bonds. The van der Waals surface area contributed by atoms with Crippen LogP contribution in [0.1, 0.15) is 48.9 Å². The highest BCUT2D eigenvalue weighted by molar-refractivity contribution is 5.93. The zero-order valence-electron chi connectivity index (χ0n) is 14.5. The second kappa shape index (κ2) is 5.47. The monoisotopic (exact) mass is 323 g/mol. The average Bonchev–Trinajstić information content (AvgIpc) is 2.87. The molecule has 1 N–H and O–H groups in total. The Bertz CT molecular complexity index is 745. The molecular formula is C20H25N3O. The van der Waals surface area contributed by atoms with Gasteiger partial charge in [-0.15, -0.1) is 0 Å². The molecule has 2 aliphatic carbocycles. The van der Waals surface area contributed by atoms with Crippen molar-refractivity contribution in [2.75, 3.05) is 7.05 Å². The molecule has 1 aromatic heterocycles. The lowest BCUT2D eigenvalue weighted by atomic mass is 9.83. The standard InChI is InChI=1S/C20H25N3O/c1-15-16(12-21-22-15)13-23(2)18(24)20(17-8-4-3-5-9-17)14-19(20)10-6-7-11-19/h3-5,8-9,12H,6-7,10-11,13-14H2,1-2H3,(H,21,22)/t20-/m0/s1. The van der Waals surface area contributed by atoms with Crippen molar-refractivity contribution in [3.05, 3.63) is 53.3 Å². The van der Waals surface area contributed by atoms with Gasteiger partial charge in [0, 0.05) is 24.8 Å². The number of hydrogen-bond donors (Lipinski definition) is 1. The molecule has 4 rings (SSSR count). The minimum atomic E-state index is -0.308. The number of nitrogens with one attached hydrogen (secondary N) is 1. The van der Waals surface area contributed by atoms with Crippen molar-refractivity contribution >= 4 is 5.91 Å². The zero-order chi connectivity index (χ0) is 16.8. The molecule has 0 saturated heterocycles. The van der Waals surface area contributed by atoms with Crippen LogP contribution in [0.2, 0.25) is 0 Å².